The molecule has 3 N–H and O–H groups in total. The van der Waals surface area contributed by atoms with Crippen molar-refractivity contribution in [3.8, 4) is 0 Å². The minimum absolute atomic E-state index is 0.0845. The molecule has 1 rings (SSSR count). The van der Waals surface area contributed by atoms with Crippen molar-refractivity contribution in [2.75, 3.05) is 11.9 Å². The Kier molecular flexibility index (Phi) is 5.63. The van der Waals surface area contributed by atoms with Crippen LogP contribution in [0, 0.1) is 12.8 Å². The minimum atomic E-state index is -0.920. The third-order valence-electron chi connectivity index (χ3n) is 2.72. The number of aryl methyl sites for hydroxylation is 1. The van der Waals surface area contributed by atoms with Gasteiger partial charge in [-0.3, -0.25) is 4.79 Å². The Morgan fingerprint density at radius 3 is 2.63 bits per heavy atom. The number of hydrogen-bond donors (Lipinski definition) is 3. The van der Waals surface area contributed by atoms with Crippen LogP contribution in [0.1, 0.15) is 18.9 Å². The predicted molar refractivity (Wildman–Crippen MR) is 74.6 cm³/mol. The summed E-state index contributed by atoms with van der Waals surface area (Å²) >= 11 is 5.98. The van der Waals surface area contributed by atoms with Crippen LogP contribution < -0.4 is 10.6 Å². The van der Waals surface area contributed by atoms with Crippen molar-refractivity contribution in [2.24, 2.45) is 5.92 Å². The number of carboxylic acid groups (broad SMARTS) is 1. The normalized spacial score (nSPS) is 11.7. The van der Waals surface area contributed by atoms with E-state index >= 15 is 0 Å². The van der Waals surface area contributed by atoms with Gasteiger partial charge in [-0.2, -0.15) is 0 Å². The summed E-state index contributed by atoms with van der Waals surface area (Å²) in [5.74, 6) is -1.50. The van der Waals surface area contributed by atoms with E-state index in [2.05, 4.69) is 10.6 Å². The first-order valence-electron chi connectivity index (χ1n) is 5.97. The van der Waals surface area contributed by atoms with Gasteiger partial charge in [-0.15, -0.1) is 0 Å². The molecular formula is C13H17ClN2O3. The first kappa shape index (κ1) is 15.3. The van der Waals surface area contributed by atoms with Crippen molar-refractivity contribution in [3.63, 3.8) is 0 Å². The van der Waals surface area contributed by atoms with Crippen molar-refractivity contribution in [2.45, 2.75) is 20.3 Å². The molecule has 0 aliphatic heterocycles. The third-order valence-corrected chi connectivity index (χ3v) is 3.04. The summed E-state index contributed by atoms with van der Waals surface area (Å²) in [4.78, 5) is 22.4. The first-order chi connectivity index (χ1) is 8.93. The third kappa shape index (κ3) is 4.79. The molecule has 0 spiro atoms. The Bertz CT molecular complexity index is 477. The molecule has 1 atom stereocenters. The Morgan fingerprint density at radius 2 is 2.11 bits per heavy atom. The van der Waals surface area contributed by atoms with Crippen LogP contribution in [0.2, 0.25) is 5.02 Å². The average Bonchev–Trinajstić information content (AvgIpc) is 2.33. The molecule has 0 bridgehead atoms. The van der Waals surface area contributed by atoms with Crippen molar-refractivity contribution in [1.29, 1.82) is 0 Å². The Balaban J connectivity index is 2.53. The molecule has 0 heterocycles. The number of benzene rings is 1. The van der Waals surface area contributed by atoms with Gasteiger partial charge in [0.15, 0.2) is 0 Å². The van der Waals surface area contributed by atoms with Crippen molar-refractivity contribution in [3.05, 3.63) is 28.8 Å². The lowest BCUT2D eigenvalue weighted by molar-refractivity contribution is -0.141. The maximum Gasteiger partial charge on any atom is 0.319 e. The highest BCUT2D eigenvalue weighted by Crippen LogP contribution is 2.22. The number of carboxylic acids is 1. The highest BCUT2D eigenvalue weighted by Gasteiger charge is 2.16. The van der Waals surface area contributed by atoms with Gasteiger partial charge in [-0.25, -0.2) is 4.79 Å². The van der Waals surface area contributed by atoms with Crippen LogP contribution >= 0.6 is 11.6 Å². The van der Waals surface area contributed by atoms with E-state index in [1.54, 1.807) is 19.1 Å². The Labute approximate surface area is 117 Å². The van der Waals surface area contributed by atoms with Gasteiger partial charge < -0.3 is 15.7 Å². The van der Waals surface area contributed by atoms with Crippen molar-refractivity contribution in [1.82, 2.24) is 5.32 Å². The molecule has 0 aliphatic rings. The van der Waals surface area contributed by atoms with E-state index in [-0.39, 0.29) is 6.54 Å². The minimum Gasteiger partial charge on any atom is -0.481 e. The summed E-state index contributed by atoms with van der Waals surface area (Å²) in [5.41, 5.74) is 1.49. The monoisotopic (exact) mass is 284 g/mol. The fourth-order valence-corrected chi connectivity index (χ4v) is 1.79. The molecule has 2 amide bonds. The molecule has 104 valence electrons. The molecule has 1 aromatic rings. The molecule has 1 unspecified atom stereocenters. The molecule has 0 saturated heterocycles. The molecular weight excluding hydrogens is 268 g/mol. The fourth-order valence-electron chi connectivity index (χ4n) is 1.51. The lowest BCUT2D eigenvalue weighted by atomic mass is 10.1. The van der Waals surface area contributed by atoms with E-state index in [4.69, 9.17) is 16.7 Å². The number of nitrogens with one attached hydrogen (secondary N) is 2. The zero-order valence-electron chi connectivity index (χ0n) is 10.9. The largest absolute Gasteiger partial charge is 0.481 e. The molecule has 0 fully saturated rings. The van der Waals surface area contributed by atoms with E-state index in [1.165, 1.54) is 0 Å². The summed E-state index contributed by atoms with van der Waals surface area (Å²) in [6, 6.07) is 4.80. The predicted octanol–water partition coefficient (Wildman–Crippen LogP) is 2.88. The summed E-state index contributed by atoms with van der Waals surface area (Å²) in [6.07, 6.45) is 0.459. The maximum atomic E-state index is 11.6. The van der Waals surface area contributed by atoms with Crippen LogP contribution in [-0.2, 0) is 4.79 Å². The van der Waals surface area contributed by atoms with E-state index in [0.29, 0.717) is 17.1 Å². The van der Waals surface area contributed by atoms with Gasteiger partial charge in [0.1, 0.15) is 0 Å². The fraction of sp³-hybridized carbons (Fsp3) is 0.385. The quantitative estimate of drug-likeness (QED) is 0.778. The molecule has 5 nitrogen and oxygen atoms in total. The number of anilines is 1. The SMILES string of the molecule is CCC(CNC(=O)Nc1ccc(C)cc1Cl)C(=O)O. The average molecular weight is 285 g/mol. The van der Waals surface area contributed by atoms with E-state index in [1.807, 2.05) is 13.0 Å². The van der Waals surface area contributed by atoms with Gasteiger partial charge in [-0.05, 0) is 31.0 Å². The standard InChI is InChI=1S/C13H17ClN2O3/c1-3-9(12(17)18)7-15-13(19)16-11-5-4-8(2)6-10(11)14/h4-6,9H,3,7H2,1-2H3,(H,17,18)(H2,15,16,19). The molecule has 19 heavy (non-hydrogen) atoms. The summed E-state index contributed by atoms with van der Waals surface area (Å²) in [6.45, 7) is 3.74. The molecule has 0 radical (unpaired) electrons. The highest BCUT2D eigenvalue weighted by molar-refractivity contribution is 6.33. The molecule has 6 heteroatoms. The highest BCUT2D eigenvalue weighted by atomic mass is 35.5. The molecule has 0 aliphatic carbocycles. The number of amides is 2. The second-order valence-corrected chi connectivity index (χ2v) is 4.67. The number of aliphatic carboxylic acids is 1. The maximum absolute atomic E-state index is 11.6. The molecule has 1 aromatic carbocycles. The van der Waals surface area contributed by atoms with Crippen LogP contribution in [0.5, 0.6) is 0 Å². The van der Waals surface area contributed by atoms with Gasteiger partial charge >= 0.3 is 12.0 Å². The summed E-state index contributed by atoms with van der Waals surface area (Å²) in [5, 5.41) is 14.4. The first-order valence-corrected chi connectivity index (χ1v) is 6.35. The topological polar surface area (TPSA) is 78.4 Å². The van der Waals surface area contributed by atoms with Crippen LogP contribution in [0.3, 0.4) is 0 Å². The van der Waals surface area contributed by atoms with Crippen molar-refractivity contribution < 1.29 is 14.7 Å². The number of rotatable bonds is 5. The molecule has 0 aromatic heterocycles. The van der Waals surface area contributed by atoms with Crippen LogP contribution in [-0.4, -0.2) is 23.7 Å². The second kappa shape index (κ2) is 6.99. The number of hydrogen-bond acceptors (Lipinski definition) is 2. The van der Waals surface area contributed by atoms with E-state index in [0.717, 1.165) is 5.56 Å². The summed E-state index contributed by atoms with van der Waals surface area (Å²) < 4.78 is 0. The zero-order valence-corrected chi connectivity index (χ0v) is 11.6. The van der Waals surface area contributed by atoms with Crippen LogP contribution in [0.15, 0.2) is 18.2 Å². The second-order valence-electron chi connectivity index (χ2n) is 4.26. The van der Waals surface area contributed by atoms with Gasteiger partial charge in [0.2, 0.25) is 0 Å². The Morgan fingerprint density at radius 1 is 1.42 bits per heavy atom. The van der Waals surface area contributed by atoms with E-state index < -0.39 is 17.9 Å². The Hall–Kier alpha value is -1.75. The van der Waals surface area contributed by atoms with Gasteiger partial charge in [0.05, 0.1) is 16.6 Å². The van der Waals surface area contributed by atoms with Gasteiger partial charge in [-0.1, -0.05) is 24.6 Å². The number of halogens is 1. The smallest absolute Gasteiger partial charge is 0.319 e. The number of urea groups is 1. The van der Waals surface area contributed by atoms with E-state index in [9.17, 15) is 9.59 Å². The lowest BCUT2D eigenvalue weighted by Crippen LogP contribution is -2.35. The van der Waals surface area contributed by atoms with Crippen LogP contribution in [0.25, 0.3) is 0 Å². The van der Waals surface area contributed by atoms with Gasteiger partial charge in [0, 0.05) is 6.54 Å². The summed E-state index contributed by atoms with van der Waals surface area (Å²) in [7, 11) is 0. The number of carbonyl (C=O) groups is 2. The lowest BCUT2D eigenvalue weighted by Gasteiger charge is -2.12. The number of carbonyl (C=O) groups excluding carboxylic acids is 1. The molecule has 0 saturated carbocycles. The van der Waals surface area contributed by atoms with Crippen LogP contribution in [0.4, 0.5) is 10.5 Å². The zero-order chi connectivity index (χ0) is 14.4. The van der Waals surface area contributed by atoms with Gasteiger partial charge in [0.25, 0.3) is 0 Å². The van der Waals surface area contributed by atoms with Crippen molar-refractivity contribution >= 4 is 29.3 Å².